The molecule has 2 heterocycles. The predicted molar refractivity (Wildman–Crippen MR) is 112 cm³/mol. The van der Waals surface area contributed by atoms with E-state index < -0.39 is 9.84 Å². The van der Waals surface area contributed by atoms with Crippen LogP contribution < -0.4 is 15.4 Å². The summed E-state index contributed by atoms with van der Waals surface area (Å²) in [7, 11) is -1.55. The largest absolute Gasteiger partial charge is 0.497 e. The fraction of sp³-hybridized carbons (Fsp3) is 0.400. The highest BCUT2D eigenvalue weighted by molar-refractivity contribution is 7.91. The lowest BCUT2D eigenvalue weighted by Gasteiger charge is -2.13. The van der Waals surface area contributed by atoms with Gasteiger partial charge in [0, 0.05) is 16.5 Å². The molecule has 1 aliphatic carbocycles. The Morgan fingerprint density at radius 2 is 2.03 bits per heavy atom. The number of hydrogen-bond acceptors (Lipinski definition) is 6. The molecule has 1 fully saturated rings. The van der Waals surface area contributed by atoms with Gasteiger partial charge in [-0.15, -0.1) is 11.3 Å². The van der Waals surface area contributed by atoms with Crippen molar-refractivity contribution in [2.75, 3.05) is 23.9 Å². The lowest BCUT2D eigenvalue weighted by atomic mass is 10.1. The van der Waals surface area contributed by atoms with Crippen LogP contribution in [0.25, 0.3) is 0 Å². The first-order chi connectivity index (χ1) is 13.9. The van der Waals surface area contributed by atoms with Gasteiger partial charge in [-0.3, -0.25) is 9.59 Å². The van der Waals surface area contributed by atoms with E-state index in [1.807, 2.05) is 0 Å². The van der Waals surface area contributed by atoms with Crippen LogP contribution in [0.5, 0.6) is 5.75 Å². The Morgan fingerprint density at radius 1 is 1.21 bits per heavy atom. The molecule has 1 atom stereocenters. The van der Waals surface area contributed by atoms with E-state index in [9.17, 15) is 18.0 Å². The Labute approximate surface area is 173 Å². The highest BCUT2D eigenvalue weighted by Crippen LogP contribution is 2.39. The second-order valence-corrected chi connectivity index (χ2v) is 10.7. The Bertz CT molecular complexity index is 1070. The van der Waals surface area contributed by atoms with Crippen LogP contribution in [0.3, 0.4) is 0 Å². The summed E-state index contributed by atoms with van der Waals surface area (Å²) in [6, 6.07) is 6.43. The van der Waals surface area contributed by atoms with Crippen LogP contribution in [-0.2, 0) is 22.7 Å². The van der Waals surface area contributed by atoms with E-state index in [1.54, 1.807) is 24.3 Å². The van der Waals surface area contributed by atoms with Crippen molar-refractivity contribution in [1.29, 1.82) is 0 Å². The summed E-state index contributed by atoms with van der Waals surface area (Å²) in [4.78, 5) is 26.9. The second kappa shape index (κ2) is 7.79. The molecule has 1 aliphatic heterocycles. The Balaban J connectivity index is 1.58. The lowest BCUT2D eigenvalue weighted by Crippen LogP contribution is -2.36. The number of ether oxygens (including phenoxy) is 1. The first-order valence-electron chi connectivity index (χ1n) is 9.47. The molecule has 0 bridgehead atoms. The zero-order valence-electron chi connectivity index (χ0n) is 16.0. The number of amides is 2. The summed E-state index contributed by atoms with van der Waals surface area (Å²) in [6.07, 6.45) is 3.06. The van der Waals surface area contributed by atoms with Gasteiger partial charge in [0.2, 0.25) is 0 Å². The van der Waals surface area contributed by atoms with Crippen molar-refractivity contribution < 1.29 is 22.7 Å². The Morgan fingerprint density at radius 3 is 2.76 bits per heavy atom. The minimum absolute atomic E-state index is 0.0312. The highest BCUT2D eigenvalue weighted by Gasteiger charge is 2.32. The third-order valence-electron chi connectivity index (χ3n) is 5.28. The van der Waals surface area contributed by atoms with E-state index in [1.165, 1.54) is 18.4 Å². The maximum Gasteiger partial charge on any atom is 0.256 e. The second-order valence-electron chi connectivity index (χ2n) is 7.32. The first-order valence-corrected chi connectivity index (χ1v) is 12.1. The Kier molecular flexibility index (Phi) is 5.35. The zero-order valence-corrected chi connectivity index (χ0v) is 17.6. The summed E-state index contributed by atoms with van der Waals surface area (Å²) in [5.74, 6) is 0.0101. The van der Waals surface area contributed by atoms with E-state index in [0.29, 0.717) is 28.3 Å². The molecule has 0 spiro atoms. The fourth-order valence-corrected chi connectivity index (χ4v) is 6.79. The molecular formula is C20H22N2O5S2. The van der Waals surface area contributed by atoms with Crippen LogP contribution in [-0.4, -0.2) is 44.9 Å². The minimum atomic E-state index is -3.09. The molecule has 2 aliphatic rings. The Hall–Kier alpha value is -2.39. The number of aryl methyl sites for hydroxylation is 1. The normalized spacial score (nSPS) is 19.6. The average molecular weight is 435 g/mol. The number of hydrogen-bond donors (Lipinski definition) is 2. The van der Waals surface area contributed by atoms with Crippen molar-refractivity contribution >= 4 is 38.0 Å². The maximum absolute atomic E-state index is 13.0. The van der Waals surface area contributed by atoms with Crippen molar-refractivity contribution in [3.05, 3.63) is 45.8 Å². The van der Waals surface area contributed by atoms with Crippen molar-refractivity contribution in [2.45, 2.75) is 31.7 Å². The SMILES string of the molecule is COc1cccc(C(=O)Nc2sc3c(c2C(=O)NC2CCS(=O)(=O)C2)CCC3)c1. The van der Waals surface area contributed by atoms with Gasteiger partial charge in [-0.1, -0.05) is 6.07 Å². The molecule has 154 valence electrons. The number of carbonyl (C=O) groups excluding carboxylic acids is 2. The smallest absolute Gasteiger partial charge is 0.256 e. The third-order valence-corrected chi connectivity index (χ3v) is 8.25. The molecule has 1 unspecified atom stereocenters. The van der Waals surface area contributed by atoms with Gasteiger partial charge in [0.05, 0.1) is 24.2 Å². The lowest BCUT2D eigenvalue weighted by molar-refractivity contribution is 0.0941. The molecule has 2 aromatic rings. The monoisotopic (exact) mass is 434 g/mol. The van der Waals surface area contributed by atoms with Gasteiger partial charge in [-0.2, -0.15) is 0 Å². The number of thiophene rings is 1. The summed E-state index contributed by atoms with van der Waals surface area (Å²) in [5, 5.41) is 6.24. The molecule has 7 nitrogen and oxygen atoms in total. The molecule has 1 saturated heterocycles. The van der Waals surface area contributed by atoms with Crippen LogP contribution >= 0.6 is 11.3 Å². The molecule has 0 radical (unpaired) electrons. The summed E-state index contributed by atoms with van der Waals surface area (Å²) in [6.45, 7) is 0. The molecular weight excluding hydrogens is 412 g/mol. The van der Waals surface area contributed by atoms with Gasteiger partial charge in [-0.05, 0) is 49.4 Å². The van der Waals surface area contributed by atoms with E-state index in [2.05, 4.69) is 10.6 Å². The number of benzene rings is 1. The zero-order chi connectivity index (χ0) is 20.6. The number of fused-ring (bicyclic) bond motifs is 1. The minimum Gasteiger partial charge on any atom is -0.497 e. The summed E-state index contributed by atoms with van der Waals surface area (Å²) in [5.41, 5.74) is 1.88. The van der Waals surface area contributed by atoms with Crippen molar-refractivity contribution in [3.8, 4) is 5.75 Å². The first kappa shape index (κ1) is 19.9. The average Bonchev–Trinajstić information content (AvgIpc) is 3.35. The number of nitrogens with one attached hydrogen (secondary N) is 2. The third kappa shape index (κ3) is 4.16. The standard InChI is InChI=1S/C20H22N2O5S2/c1-27-14-5-2-4-12(10-14)18(23)22-20-17(15-6-3-7-16(15)28-20)19(24)21-13-8-9-29(25,26)11-13/h2,4-5,10,13H,3,6-9,11H2,1H3,(H,21,24)(H,22,23). The quantitative estimate of drug-likeness (QED) is 0.753. The number of anilines is 1. The molecule has 2 N–H and O–H groups in total. The number of sulfone groups is 1. The molecule has 2 amide bonds. The summed E-state index contributed by atoms with van der Waals surface area (Å²) < 4.78 is 28.6. The number of methoxy groups -OCH3 is 1. The topological polar surface area (TPSA) is 102 Å². The molecule has 4 rings (SSSR count). The van der Waals surface area contributed by atoms with E-state index in [0.717, 1.165) is 29.7 Å². The predicted octanol–water partition coefficient (Wildman–Crippen LogP) is 2.41. The van der Waals surface area contributed by atoms with Gasteiger partial charge in [0.1, 0.15) is 10.8 Å². The molecule has 29 heavy (non-hydrogen) atoms. The fourth-order valence-electron chi connectivity index (χ4n) is 3.84. The van der Waals surface area contributed by atoms with Crippen molar-refractivity contribution in [3.63, 3.8) is 0 Å². The van der Waals surface area contributed by atoms with Crippen molar-refractivity contribution in [1.82, 2.24) is 5.32 Å². The molecule has 9 heteroatoms. The van der Waals surface area contributed by atoms with Crippen molar-refractivity contribution in [2.24, 2.45) is 0 Å². The van der Waals surface area contributed by atoms with E-state index in [4.69, 9.17) is 4.74 Å². The van der Waals surface area contributed by atoms with Crippen LogP contribution in [0, 0.1) is 0 Å². The van der Waals surface area contributed by atoms with Gasteiger partial charge >= 0.3 is 0 Å². The van der Waals surface area contributed by atoms with Crippen LogP contribution in [0.2, 0.25) is 0 Å². The van der Waals surface area contributed by atoms with Crippen LogP contribution in [0.1, 0.15) is 44.0 Å². The molecule has 1 aromatic carbocycles. The van der Waals surface area contributed by atoms with Gasteiger partial charge < -0.3 is 15.4 Å². The highest BCUT2D eigenvalue weighted by atomic mass is 32.2. The van der Waals surface area contributed by atoms with Crippen LogP contribution in [0.15, 0.2) is 24.3 Å². The molecule has 1 aromatic heterocycles. The number of rotatable bonds is 5. The molecule has 0 saturated carbocycles. The van der Waals surface area contributed by atoms with E-state index in [-0.39, 0.29) is 29.4 Å². The van der Waals surface area contributed by atoms with Gasteiger partial charge in [-0.25, -0.2) is 8.42 Å². The van der Waals surface area contributed by atoms with Gasteiger partial charge in [0.25, 0.3) is 11.8 Å². The number of carbonyl (C=O) groups is 2. The van der Waals surface area contributed by atoms with Gasteiger partial charge in [0.15, 0.2) is 9.84 Å². The maximum atomic E-state index is 13.0. The van der Waals surface area contributed by atoms with E-state index >= 15 is 0 Å². The summed E-state index contributed by atoms with van der Waals surface area (Å²) >= 11 is 1.43. The van der Waals surface area contributed by atoms with Crippen LogP contribution in [0.4, 0.5) is 5.00 Å².